The van der Waals surface area contributed by atoms with Crippen LogP contribution in [0.2, 0.25) is 0 Å². The van der Waals surface area contributed by atoms with E-state index in [-0.39, 0.29) is 6.10 Å². The third-order valence-electron chi connectivity index (χ3n) is 3.59. The lowest BCUT2D eigenvalue weighted by molar-refractivity contribution is 0.241. The summed E-state index contributed by atoms with van der Waals surface area (Å²) >= 11 is 0. The van der Waals surface area contributed by atoms with Crippen molar-refractivity contribution < 1.29 is 4.74 Å². The van der Waals surface area contributed by atoms with E-state index in [1.54, 1.807) is 0 Å². The Labute approximate surface area is 122 Å². The van der Waals surface area contributed by atoms with E-state index >= 15 is 0 Å². The molecular formula is C16H27N3O. The second kappa shape index (κ2) is 6.93. The van der Waals surface area contributed by atoms with Crippen LogP contribution in [-0.4, -0.2) is 36.3 Å². The SMILES string of the molecule is CC(C)Oc1cccnc1N(CC1CCCN1)C(C)C. The van der Waals surface area contributed by atoms with Crippen molar-refractivity contribution in [3.05, 3.63) is 18.3 Å². The zero-order chi connectivity index (χ0) is 14.5. The average Bonchev–Trinajstić information content (AvgIpc) is 2.89. The zero-order valence-electron chi connectivity index (χ0n) is 13.1. The van der Waals surface area contributed by atoms with E-state index in [2.05, 4.69) is 42.9 Å². The molecule has 1 aliphatic heterocycles. The molecule has 0 spiro atoms. The molecule has 1 fully saturated rings. The standard InChI is InChI=1S/C16H27N3O/c1-12(2)19(11-14-7-5-9-17-14)16-15(20-13(3)4)8-6-10-18-16/h6,8,10,12-14,17H,5,7,9,11H2,1-4H3. The molecule has 1 aliphatic rings. The third kappa shape index (κ3) is 3.85. The van der Waals surface area contributed by atoms with Crippen LogP contribution < -0.4 is 15.0 Å². The number of hydrogen-bond donors (Lipinski definition) is 1. The van der Waals surface area contributed by atoms with Crippen molar-refractivity contribution >= 4 is 5.82 Å². The molecule has 1 atom stereocenters. The second-order valence-electron chi connectivity index (χ2n) is 6.03. The van der Waals surface area contributed by atoms with Crippen LogP contribution >= 0.6 is 0 Å². The van der Waals surface area contributed by atoms with E-state index in [9.17, 15) is 0 Å². The summed E-state index contributed by atoms with van der Waals surface area (Å²) in [4.78, 5) is 6.92. The first-order chi connectivity index (χ1) is 9.58. The summed E-state index contributed by atoms with van der Waals surface area (Å²) in [6, 6.07) is 4.92. The van der Waals surface area contributed by atoms with Crippen LogP contribution in [0.3, 0.4) is 0 Å². The van der Waals surface area contributed by atoms with Crippen LogP contribution in [0.5, 0.6) is 5.75 Å². The van der Waals surface area contributed by atoms with Gasteiger partial charge in [-0.15, -0.1) is 0 Å². The molecule has 4 nitrogen and oxygen atoms in total. The van der Waals surface area contributed by atoms with E-state index < -0.39 is 0 Å². The van der Waals surface area contributed by atoms with Crippen molar-refractivity contribution in [1.29, 1.82) is 0 Å². The minimum Gasteiger partial charge on any atom is -0.487 e. The molecule has 1 saturated heterocycles. The molecule has 1 N–H and O–H groups in total. The predicted molar refractivity (Wildman–Crippen MR) is 83.5 cm³/mol. The number of rotatable bonds is 6. The van der Waals surface area contributed by atoms with Crippen molar-refractivity contribution in [1.82, 2.24) is 10.3 Å². The van der Waals surface area contributed by atoms with Crippen molar-refractivity contribution in [3.8, 4) is 5.75 Å². The van der Waals surface area contributed by atoms with Crippen LogP contribution in [0.25, 0.3) is 0 Å². The molecule has 0 bridgehead atoms. The van der Waals surface area contributed by atoms with Crippen LogP contribution in [0.15, 0.2) is 18.3 Å². The van der Waals surface area contributed by atoms with Gasteiger partial charge in [-0.05, 0) is 59.2 Å². The van der Waals surface area contributed by atoms with E-state index in [4.69, 9.17) is 4.74 Å². The van der Waals surface area contributed by atoms with Gasteiger partial charge in [-0.25, -0.2) is 4.98 Å². The molecule has 1 aromatic heterocycles. The number of pyridine rings is 1. The fourth-order valence-electron chi connectivity index (χ4n) is 2.64. The summed E-state index contributed by atoms with van der Waals surface area (Å²) in [6.07, 6.45) is 4.53. The van der Waals surface area contributed by atoms with Crippen LogP contribution in [-0.2, 0) is 0 Å². The summed E-state index contributed by atoms with van der Waals surface area (Å²) in [7, 11) is 0. The molecule has 0 aromatic carbocycles. The minimum atomic E-state index is 0.163. The highest BCUT2D eigenvalue weighted by atomic mass is 16.5. The molecule has 1 unspecified atom stereocenters. The molecule has 112 valence electrons. The zero-order valence-corrected chi connectivity index (χ0v) is 13.1. The van der Waals surface area contributed by atoms with Gasteiger partial charge in [-0.1, -0.05) is 0 Å². The van der Waals surface area contributed by atoms with Gasteiger partial charge in [0.1, 0.15) is 0 Å². The molecule has 20 heavy (non-hydrogen) atoms. The maximum atomic E-state index is 5.92. The maximum absolute atomic E-state index is 5.92. The van der Waals surface area contributed by atoms with Gasteiger partial charge in [0.25, 0.3) is 0 Å². The van der Waals surface area contributed by atoms with Gasteiger partial charge in [0.15, 0.2) is 11.6 Å². The van der Waals surface area contributed by atoms with Gasteiger partial charge in [0.05, 0.1) is 6.10 Å². The summed E-state index contributed by atoms with van der Waals surface area (Å²) in [5, 5.41) is 3.56. The van der Waals surface area contributed by atoms with Crippen molar-refractivity contribution in [2.45, 2.75) is 58.7 Å². The molecule has 0 radical (unpaired) electrons. The molecule has 0 saturated carbocycles. The minimum absolute atomic E-state index is 0.163. The van der Waals surface area contributed by atoms with Crippen LogP contribution in [0, 0.1) is 0 Å². The van der Waals surface area contributed by atoms with Gasteiger partial charge < -0.3 is 15.0 Å². The summed E-state index contributed by atoms with van der Waals surface area (Å²) in [5.74, 6) is 1.85. The smallest absolute Gasteiger partial charge is 0.171 e. The number of aromatic nitrogens is 1. The van der Waals surface area contributed by atoms with Crippen LogP contribution in [0.4, 0.5) is 5.82 Å². The van der Waals surface area contributed by atoms with E-state index in [0.717, 1.165) is 24.7 Å². The Bertz CT molecular complexity index is 414. The molecule has 2 heterocycles. The normalized spacial score (nSPS) is 18.8. The number of nitrogens with zero attached hydrogens (tertiary/aromatic N) is 2. The number of hydrogen-bond acceptors (Lipinski definition) is 4. The first kappa shape index (κ1) is 15.1. The molecule has 2 rings (SSSR count). The highest BCUT2D eigenvalue weighted by molar-refractivity contribution is 5.53. The lowest BCUT2D eigenvalue weighted by Gasteiger charge is -2.32. The second-order valence-corrected chi connectivity index (χ2v) is 6.03. The molecule has 4 heteroatoms. The Morgan fingerprint density at radius 3 is 2.80 bits per heavy atom. The topological polar surface area (TPSA) is 37.4 Å². The Hall–Kier alpha value is -1.29. The summed E-state index contributed by atoms with van der Waals surface area (Å²) in [5.41, 5.74) is 0. The first-order valence-corrected chi connectivity index (χ1v) is 7.69. The van der Waals surface area contributed by atoms with Crippen molar-refractivity contribution in [2.24, 2.45) is 0 Å². The summed E-state index contributed by atoms with van der Waals surface area (Å²) in [6.45, 7) is 10.6. The Morgan fingerprint density at radius 2 is 2.20 bits per heavy atom. The Kier molecular flexibility index (Phi) is 5.24. The van der Waals surface area contributed by atoms with E-state index in [0.29, 0.717) is 12.1 Å². The van der Waals surface area contributed by atoms with Crippen LogP contribution in [0.1, 0.15) is 40.5 Å². The largest absolute Gasteiger partial charge is 0.487 e. The van der Waals surface area contributed by atoms with Gasteiger partial charge >= 0.3 is 0 Å². The number of nitrogens with one attached hydrogen (secondary N) is 1. The number of anilines is 1. The lowest BCUT2D eigenvalue weighted by atomic mass is 10.2. The van der Waals surface area contributed by atoms with E-state index in [1.165, 1.54) is 12.8 Å². The highest BCUT2D eigenvalue weighted by Crippen LogP contribution is 2.28. The molecular weight excluding hydrogens is 250 g/mol. The highest BCUT2D eigenvalue weighted by Gasteiger charge is 2.23. The lowest BCUT2D eigenvalue weighted by Crippen LogP contribution is -2.42. The Balaban J connectivity index is 2.19. The van der Waals surface area contributed by atoms with Gasteiger partial charge in [0.2, 0.25) is 0 Å². The first-order valence-electron chi connectivity index (χ1n) is 7.69. The van der Waals surface area contributed by atoms with Gasteiger partial charge in [-0.3, -0.25) is 0 Å². The third-order valence-corrected chi connectivity index (χ3v) is 3.59. The average molecular weight is 277 g/mol. The fourth-order valence-corrected chi connectivity index (χ4v) is 2.64. The molecule has 0 amide bonds. The summed E-state index contributed by atoms with van der Waals surface area (Å²) < 4.78 is 5.92. The van der Waals surface area contributed by atoms with Gasteiger partial charge in [-0.2, -0.15) is 0 Å². The molecule has 1 aromatic rings. The quantitative estimate of drug-likeness (QED) is 0.867. The predicted octanol–water partition coefficient (Wildman–Crippen LogP) is 2.84. The molecule has 0 aliphatic carbocycles. The Morgan fingerprint density at radius 1 is 1.40 bits per heavy atom. The van der Waals surface area contributed by atoms with E-state index in [1.807, 2.05) is 18.3 Å². The maximum Gasteiger partial charge on any atom is 0.171 e. The monoisotopic (exact) mass is 277 g/mol. The number of ether oxygens (including phenoxy) is 1. The fraction of sp³-hybridized carbons (Fsp3) is 0.688. The van der Waals surface area contributed by atoms with Gasteiger partial charge in [0, 0.05) is 24.8 Å². The van der Waals surface area contributed by atoms with Crippen molar-refractivity contribution in [3.63, 3.8) is 0 Å². The van der Waals surface area contributed by atoms with Crippen molar-refractivity contribution in [2.75, 3.05) is 18.0 Å².